The van der Waals surface area contributed by atoms with E-state index in [9.17, 15) is 0 Å². The lowest BCUT2D eigenvalue weighted by molar-refractivity contribution is 0.518. The molecule has 2 nitrogen and oxygen atoms in total. The molecular formula is C16H20N2. The maximum atomic E-state index is 4.13. The summed E-state index contributed by atoms with van der Waals surface area (Å²) in [6, 6.07) is 13.2. The van der Waals surface area contributed by atoms with Crippen LogP contribution in [0.25, 0.3) is 0 Å². The van der Waals surface area contributed by atoms with Crippen molar-refractivity contribution >= 4 is 0 Å². The van der Waals surface area contributed by atoms with Gasteiger partial charge in [-0.05, 0) is 30.5 Å². The van der Waals surface area contributed by atoms with Crippen LogP contribution in [0, 0.1) is 6.92 Å². The van der Waals surface area contributed by atoms with Crippen molar-refractivity contribution in [3.63, 3.8) is 0 Å². The van der Waals surface area contributed by atoms with Gasteiger partial charge in [-0.15, -0.1) is 0 Å². The standard InChI is InChI=1S/C16H20N2/c1-3-16(15-8-6-13(2)7-9-15)18-12-14-5-4-10-17-11-14/h4-11,16,18H,3,12H2,1-2H3. The largest absolute Gasteiger partial charge is 0.306 e. The lowest BCUT2D eigenvalue weighted by Gasteiger charge is -2.17. The molecule has 1 unspecified atom stereocenters. The summed E-state index contributed by atoms with van der Waals surface area (Å²) in [7, 11) is 0. The number of nitrogens with one attached hydrogen (secondary N) is 1. The van der Waals surface area contributed by atoms with Crippen LogP contribution in [-0.4, -0.2) is 4.98 Å². The van der Waals surface area contributed by atoms with Gasteiger partial charge in [-0.2, -0.15) is 0 Å². The molecule has 0 saturated heterocycles. The van der Waals surface area contributed by atoms with E-state index < -0.39 is 0 Å². The van der Waals surface area contributed by atoms with E-state index in [1.165, 1.54) is 16.7 Å². The topological polar surface area (TPSA) is 24.9 Å². The summed E-state index contributed by atoms with van der Waals surface area (Å²) < 4.78 is 0. The number of benzene rings is 1. The highest BCUT2D eigenvalue weighted by molar-refractivity contribution is 5.24. The Bertz CT molecular complexity index is 462. The minimum atomic E-state index is 0.408. The van der Waals surface area contributed by atoms with Crippen molar-refractivity contribution < 1.29 is 0 Å². The van der Waals surface area contributed by atoms with Crippen molar-refractivity contribution in [1.29, 1.82) is 0 Å². The minimum absolute atomic E-state index is 0.408. The molecule has 0 bridgehead atoms. The van der Waals surface area contributed by atoms with Crippen molar-refractivity contribution in [2.24, 2.45) is 0 Å². The van der Waals surface area contributed by atoms with E-state index in [1.54, 1.807) is 6.20 Å². The number of aryl methyl sites for hydroxylation is 1. The number of hydrogen-bond donors (Lipinski definition) is 1. The lowest BCUT2D eigenvalue weighted by atomic mass is 10.0. The lowest BCUT2D eigenvalue weighted by Crippen LogP contribution is -2.20. The second-order valence-corrected chi connectivity index (χ2v) is 4.61. The van der Waals surface area contributed by atoms with Gasteiger partial charge < -0.3 is 5.32 Å². The van der Waals surface area contributed by atoms with Gasteiger partial charge in [0.1, 0.15) is 0 Å². The fourth-order valence-corrected chi connectivity index (χ4v) is 2.04. The number of pyridine rings is 1. The number of hydrogen-bond acceptors (Lipinski definition) is 2. The molecule has 18 heavy (non-hydrogen) atoms. The Hall–Kier alpha value is -1.67. The second kappa shape index (κ2) is 6.31. The maximum Gasteiger partial charge on any atom is 0.0320 e. The molecule has 94 valence electrons. The summed E-state index contributed by atoms with van der Waals surface area (Å²) in [6.45, 7) is 5.19. The Morgan fingerprint density at radius 3 is 2.56 bits per heavy atom. The summed E-state index contributed by atoms with van der Waals surface area (Å²) in [4.78, 5) is 4.13. The van der Waals surface area contributed by atoms with Crippen LogP contribution in [0.1, 0.15) is 36.1 Å². The van der Waals surface area contributed by atoms with Gasteiger partial charge in [-0.1, -0.05) is 42.8 Å². The van der Waals surface area contributed by atoms with Gasteiger partial charge in [0.15, 0.2) is 0 Å². The average molecular weight is 240 g/mol. The first-order chi connectivity index (χ1) is 8.79. The van der Waals surface area contributed by atoms with E-state index in [0.29, 0.717) is 6.04 Å². The van der Waals surface area contributed by atoms with Crippen LogP contribution in [0.5, 0.6) is 0 Å². The summed E-state index contributed by atoms with van der Waals surface area (Å²) >= 11 is 0. The van der Waals surface area contributed by atoms with Gasteiger partial charge in [0, 0.05) is 25.0 Å². The zero-order valence-electron chi connectivity index (χ0n) is 11.1. The maximum absolute atomic E-state index is 4.13. The number of nitrogens with zero attached hydrogens (tertiary/aromatic N) is 1. The van der Waals surface area contributed by atoms with Crippen molar-refractivity contribution in [2.75, 3.05) is 0 Å². The van der Waals surface area contributed by atoms with Crippen LogP contribution in [0.3, 0.4) is 0 Å². The van der Waals surface area contributed by atoms with Crippen molar-refractivity contribution in [3.8, 4) is 0 Å². The molecule has 0 saturated carbocycles. The third-order valence-electron chi connectivity index (χ3n) is 3.16. The van der Waals surface area contributed by atoms with Crippen molar-refractivity contribution in [3.05, 3.63) is 65.5 Å². The van der Waals surface area contributed by atoms with E-state index in [4.69, 9.17) is 0 Å². The van der Waals surface area contributed by atoms with Gasteiger partial charge in [-0.25, -0.2) is 0 Å². The van der Waals surface area contributed by atoms with Gasteiger partial charge in [-0.3, -0.25) is 4.98 Å². The minimum Gasteiger partial charge on any atom is -0.306 e. The monoisotopic (exact) mass is 240 g/mol. The Morgan fingerprint density at radius 1 is 1.17 bits per heavy atom. The average Bonchev–Trinajstić information content (AvgIpc) is 2.42. The first kappa shape index (κ1) is 12.8. The fraction of sp³-hybridized carbons (Fsp3) is 0.312. The Kier molecular flexibility index (Phi) is 4.48. The van der Waals surface area contributed by atoms with Gasteiger partial charge >= 0.3 is 0 Å². The summed E-state index contributed by atoms with van der Waals surface area (Å²) in [5.41, 5.74) is 3.89. The molecule has 0 aliphatic heterocycles. The molecule has 1 N–H and O–H groups in total. The SMILES string of the molecule is CCC(NCc1cccnc1)c1ccc(C)cc1. The van der Waals surface area contributed by atoms with E-state index >= 15 is 0 Å². The van der Waals surface area contributed by atoms with Crippen LogP contribution in [0.2, 0.25) is 0 Å². The third kappa shape index (κ3) is 3.41. The van der Waals surface area contributed by atoms with E-state index in [1.807, 2.05) is 12.3 Å². The molecule has 1 atom stereocenters. The van der Waals surface area contributed by atoms with Crippen molar-refractivity contribution in [1.82, 2.24) is 10.3 Å². The van der Waals surface area contributed by atoms with Crippen LogP contribution in [0.4, 0.5) is 0 Å². The molecule has 0 amide bonds. The highest BCUT2D eigenvalue weighted by Gasteiger charge is 2.07. The number of rotatable bonds is 5. The van der Waals surface area contributed by atoms with E-state index in [2.05, 4.69) is 54.5 Å². The summed E-state index contributed by atoms with van der Waals surface area (Å²) in [6.07, 6.45) is 4.80. The van der Waals surface area contributed by atoms with Crippen LogP contribution >= 0.6 is 0 Å². The molecule has 2 heteroatoms. The zero-order chi connectivity index (χ0) is 12.8. The van der Waals surface area contributed by atoms with E-state index in [0.717, 1.165) is 13.0 Å². The molecule has 1 aromatic carbocycles. The molecule has 0 spiro atoms. The Labute approximate surface area is 109 Å². The second-order valence-electron chi connectivity index (χ2n) is 4.61. The first-order valence-corrected chi connectivity index (χ1v) is 6.48. The predicted octanol–water partition coefficient (Wildman–Crippen LogP) is 3.63. The highest BCUT2D eigenvalue weighted by Crippen LogP contribution is 2.17. The third-order valence-corrected chi connectivity index (χ3v) is 3.16. The quantitative estimate of drug-likeness (QED) is 0.863. The molecule has 0 radical (unpaired) electrons. The molecule has 0 fully saturated rings. The van der Waals surface area contributed by atoms with Gasteiger partial charge in [0.25, 0.3) is 0 Å². The molecule has 0 aliphatic rings. The first-order valence-electron chi connectivity index (χ1n) is 6.48. The molecule has 1 heterocycles. The molecular weight excluding hydrogens is 220 g/mol. The van der Waals surface area contributed by atoms with Gasteiger partial charge in [0.2, 0.25) is 0 Å². The smallest absolute Gasteiger partial charge is 0.0320 e. The van der Waals surface area contributed by atoms with E-state index in [-0.39, 0.29) is 0 Å². The predicted molar refractivity (Wildman–Crippen MR) is 75.3 cm³/mol. The van der Waals surface area contributed by atoms with Crippen LogP contribution < -0.4 is 5.32 Å². The molecule has 0 aliphatic carbocycles. The van der Waals surface area contributed by atoms with Crippen molar-refractivity contribution in [2.45, 2.75) is 32.9 Å². The normalized spacial score (nSPS) is 12.3. The molecule has 1 aromatic heterocycles. The number of aromatic nitrogens is 1. The summed E-state index contributed by atoms with van der Waals surface area (Å²) in [5.74, 6) is 0. The Morgan fingerprint density at radius 2 is 1.94 bits per heavy atom. The van der Waals surface area contributed by atoms with Gasteiger partial charge in [0.05, 0.1) is 0 Å². The fourth-order valence-electron chi connectivity index (χ4n) is 2.04. The van der Waals surface area contributed by atoms with Crippen LogP contribution in [-0.2, 0) is 6.54 Å². The molecule has 2 aromatic rings. The molecule has 2 rings (SSSR count). The highest BCUT2D eigenvalue weighted by atomic mass is 14.9. The zero-order valence-corrected chi connectivity index (χ0v) is 11.1. The van der Waals surface area contributed by atoms with Crippen LogP contribution in [0.15, 0.2) is 48.8 Å². The Balaban J connectivity index is 1.99. The summed E-state index contributed by atoms with van der Waals surface area (Å²) in [5, 5.41) is 3.58.